The van der Waals surface area contributed by atoms with E-state index in [0.717, 1.165) is 24.8 Å². The van der Waals surface area contributed by atoms with Crippen LogP contribution in [0.25, 0.3) is 0 Å². The Morgan fingerprint density at radius 1 is 0.800 bits per heavy atom. The summed E-state index contributed by atoms with van der Waals surface area (Å²) in [6, 6.07) is 4.09. The molecule has 0 bridgehead atoms. The molecule has 1 amide bonds. The Morgan fingerprint density at radius 3 is 1.88 bits per heavy atom. The third kappa shape index (κ3) is 8.07. The van der Waals surface area contributed by atoms with E-state index in [-0.39, 0.29) is 5.91 Å². The summed E-state index contributed by atoms with van der Waals surface area (Å²) < 4.78 is 0. The van der Waals surface area contributed by atoms with E-state index >= 15 is 0 Å². The van der Waals surface area contributed by atoms with Gasteiger partial charge in [-0.2, -0.15) is 0 Å². The Kier molecular flexibility index (Phi) is 11.3. The fourth-order valence-electron chi connectivity index (χ4n) is 3.63. The lowest BCUT2D eigenvalue weighted by Gasteiger charge is -2.15. The Bertz CT molecular complexity index is 507. The van der Waals surface area contributed by atoms with Crippen molar-refractivity contribution in [2.24, 2.45) is 5.73 Å². The van der Waals surface area contributed by atoms with E-state index in [4.69, 9.17) is 5.73 Å². The van der Waals surface area contributed by atoms with Crippen molar-refractivity contribution in [3.8, 4) is 0 Å². The zero-order valence-electron chi connectivity index (χ0n) is 16.8. The average Bonchev–Trinajstić information content (AvgIpc) is 2.59. The van der Waals surface area contributed by atoms with Crippen LogP contribution in [0.4, 0.5) is 0 Å². The fraction of sp³-hybridized carbons (Fsp3) is 0.696. The summed E-state index contributed by atoms with van der Waals surface area (Å²) in [5.74, 6) is -0.279. The molecule has 2 nitrogen and oxygen atoms in total. The van der Waals surface area contributed by atoms with Crippen LogP contribution < -0.4 is 5.73 Å². The molecule has 0 saturated carbocycles. The number of nitrogens with two attached hydrogens (primary N) is 1. The van der Waals surface area contributed by atoms with Gasteiger partial charge in [-0.3, -0.25) is 4.79 Å². The number of rotatable bonds is 14. The quantitative estimate of drug-likeness (QED) is 0.384. The molecule has 0 radical (unpaired) electrons. The van der Waals surface area contributed by atoms with Crippen molar-refractivity contribution in [3.05, 3.63) is 34.4 Å². The highest BCUT2D eigenvalue weighted by molar-refractivity contribution is 5.94. The Balaban J connectivity index is 2.64. The van der Waals surface area contributed by atoms with Gasteiger partial charge in [0.1, 0.15) is 0 Å². The van der Waals surface area contributed by atoms with Gasteiger partial charge in [0.2, 0.25) is 5.91 Å². The molecule has 0 saturated heterocycles. The van der Waals surface area contributed by atoms with Crippen LogP contribution in [0.3, 0.4) is 0 Å². The van der Waals surface area contributed by atoms with Crippen LogP contribution >= 0.6 is 0 Å². The van der Waals surface area contributed by atoms with Crippen molar-refractivity contribution < 1.29 is 4.79 Å². The molecular weight excluding hydrogens is 306 g/mol. The molecule has 0 aliphatic heterocycles. The van der Waals surface area contributed by atoms with Crippen molar-refractivity contribution in [1.82, 2.24) is 0 Å². The molecule has 0 fully saturated rings. The lowest BCUT2D eigenvalue weighted by Crippen LogP contribution is -2.15. The van der Waals surface area contributed by atoms with Crippen LogP contribution in [0.5, 0.6) is 0 Å². The third-order valence-corrected chi connectivity index (χ3v) is 5.31. The number of benzene rings is 1. The summed E-state index contributed by atoms with van der Waals surface area (Å²) in [6.07, 6.45) is 16.3. The van der Waals surface area contributed by atoms with Crippen LogP contribution in [0.1, 0.15) is 112 Å². The van der Waals surface area contributed by atoms with E-state index < -0.39 is 0 Å². The molecule has 25 heavy (non-hydrogen) atoms. The largest absolute Gasteiger partial charge is 0.366 e. The van der Waals surface area contributed by atoms with Gasteiger partial charge in [-0.1, -0.05) is 77.7 Å². The molecule has 0 aromatic heterocycles. The SMILES string of the molecule is CCCCCCCCc1c(C(N)=O)ccc(CCCCCCC)c1C. The highest BCUT2D eigenvalue weighted by Crippen LogP contribution is 2.23. The van der Waals surface area contributed by atoms with E-state index in [9.17, 15) is 4.79 Å². The summed E-state index contributed by atoms with van der Waals surface area (Å²) in [5, 5.41) is 0. The van der Waals surface area contributed by atoms with Crippen LogP contribution in [0.15, 0.2) is 12.1 Å². The first kappa shape index (κ1) is 21.7. The predicted octanol–water partition coefficient (Wildman–Crippen LogP) is 6.51. The minimum Gasteiger partial charge on any atom is -0.366 e. The Morgan fingerprint density at radius 2 is 1.32 bits per heavy atom. The topological polar surface area (TPSA) is 43.1 Å². The van der Waals surface area contributed by atoms with Gasteiger partial charge in [0.15, 0.2) is 0 Å². The van der Waals surface area contributed by atoms with Crippen molar-refractivity contribution in [3.63, 3.8) is 0 Å². The number of hydrogen-bond acceptors (Lipinski definition) is 1. The second kappa shape index (κ2) is 13.0. The minimum absolute atomic E-state index is 0.279. The molecule has 0 unspecified atom stereocenters. The molecule has 142 valence electrons. The molecule has 0 aliphatic rings. The molecule has 0 atom stereocenters. The zero-order valence-corrected chi connectivity index (χ0v) is 16.8. The zero-order chi connectivity index (χ0) is 18.5. The highest BCUT2D eigenvalue weighted by atomic mass is 16.1. The molecule has 1 rings (SSSR count). The van der Waals surface area contributed by atoms with Crippen molar-refractivity contribution in [2.45, 2.75) is 104 Å². The Labute approximate surface area is 155 Å². The van der Waals surface area contributed by atoms with E-state index in [1.165, 1.54) is 80.9 Å². The lowest BCUT2D eigenvalue weighted by atomic mass is 9.90. The summed E-state index contributed by atoms with van der Waals surface area (Å²) in [6.45, 7) is 6.68. The Hall–Kier alpha value is -1.31. The second-order valence-electron chi connectivity index (χ2n) is 7.42. The minimum atomic E-state index is -0.279. The number of unbranched alkanes of at least 4 members (excludes halogenated alkanes) is 9. The van der Waals surface area contributed by atoms with Gasteiger partial charge in [-0.05, 0) is 55.4 Å². The van der Waals surface area contributed by atoms with Crippen LogP contribution in [0.2, 0.25) is 0 Å². The standard InChI is InChI=1S/C23H39NO/c1-4-6-8-10-12-14-16-21-19(3)20(15-13-11-9-7-5-2)17-18-22(21)23(24)25/h17-18H,4-16H2,1-3H3,(H2,24,25). The van der Waals surface area contributed by atoms with E-state index in [1.54, 1.807) is 0 Å². The first-order valence-electron chi connectivity index (χ1n) is 10.5. The maximum atomic E-state index is 11.8. The normalized spacial score (nSPS) is 11.0. The predicted molar refractivity (Wildman–Crippen MR) is 109 cm³/mol. The van der Waals surface area contributed by atoms with Gasteiger partial charge < -0.3 is 5.73 Å². The number of primary amides is 1. The maximum Gasteiger partial charge on any atom is 0.248 e. The first-order valence-corrected chi connectivity index (χ1v) is 10.5. The van der Waals surface area contributed by atoms with E-state index in [0.29, 0.717) is 0 Å². The number of carbonyl (C=O) groups excluding carboxylic acids is 1. The summed E-state index contributed by atoms with van der Waals surface area (Å²) in [5.41, 5.74) is 10.3. The first-order chi connectivity index (χ1) is 12.1. The van der Waals surface area contributed by atoms with Gasteiger partial charge >= 0.3 is 0 Å². The highest BCUT2D eigenvalue weighted by Gasteiger charge is 2.13. The second-order valence-corrected chi connectivity index (χ2v) is 7.42. The summed E-state index contributed by atoms with van der Waals surface area (Å²) in [7, 11) is 0. The average molecular weight is 346 g/mol. The number of carbonyl (C=O) groups is 1. The monoisotopic (exact) mass is 345 g/mol. The van der Waals surface area contributed by atoms with Crippen molar-refractivity contribution >= 4 is 5.91 Å². The molecular formula is C23H39NO. The van der Waals surface area contributed by atoms with Gasteiger partial charge in [0, 0.05) is 5.56 Å². The maximum absolute atomic E-state index is 11.8. The third-order valence-electron chi connectivity index (χ3n) is 5.31. The molecule has 2 N–H and O–H groups in total. The molecule has 0 aliphatic carbocycles. The smallest absolute Gasteiger partial charge is 0.248 e. The number of hydrogen-bond donors (Lipinski definition) is 1. The molecule has 0 heterocycles. The fourth-order valence-corrected chi connectivity index (χ4v) is 3.63. The molecule has 0 spiro atoms. The van der Waals surface area contributed by atoms with Crippen molar-refractivity contribution in [2.75, 3.05) is 0 Å². The molecule has 1 aromatic rings. The van der Waals surface area contributed by atoms with Gasteiger partial charge in [-0.25, -0.2) is 0 Å². The van der Waals surface area contributed by atoms with Crippen molar-refractivity contribution in [1.29, 1.82) is 0 Å². The summed E-state index contributed by atoms with van der Waals surface area (Å²) in [4.78, 5) is 11.8. The van der Waals surface area contributed by atoms with Crippen LogP contribution in [0, 0.1) is 6.92 Å². The number of amides is 1. The van der Waals surface area contributed by atoms with E-state index in [2.05, 4.69) is 26.8 Å². The van der Waals surface area contributed by atoms with Gasteiger partial charge in [0.05, 0.1) is 0 Å². The number of aryl methyl sites for hydroxylation is 1. The summed E-state index contributed by atoms with van der Waals surface area (Å²) >= 11 is 0. The molecule has 1 aromatic carbocycles. The van der Waals surface area contributed by atoms with Gasteiger partial charge in [0.25, 0.3) is 0 Å². The molecule has 2 heteroatoms. The van der Waals surface area contributed by atoms with Crippen LogP contribution in [-0.2, 0) is 12.8 Å². The lowest BCUT2D eigenvalue weighted by molar-refractivity contribution is 0.0999. The van der Waals surface area contributed by atoms with Gasteiger partial charge in [-0.15, -0.1) is 0 Å². The van der Waals surface area contributed by atoms with Crippen LogP contribution in [-0.4, -0.2) is 5.91 Å². The van der Waals surface area contributed by atoms with E-state index in [1.807, 2.05) is 6.07 Å².